The molecule has 1 rings (SSSR count). The highest BCUT2D eigenvalue weighted by atomic mass is 31.2. The molecule has 74 valence electrons. The van der Waals surface area contributed by atoms with E-state index in [4.69, 9.17) is 24.0 Å². The van der Waals surface area contributed by atoms with Gasteiger partial charge in [0.25, 0.3) is 0 Å². The zero-order valence-corrected chi connectivity index (χ0v) is 7.70. The third-order valence-corrected chi connectivity index (χ3v) is 1.11. The van der Waals surface area contributed by atoms with Crippen molar-refractivity contribution < 1.29 is 24.0 Å². The molecule has 1 aliphatic heterocycles. The van der Waals surface area contributed by atoms with Crippen LogP contribution in [0.1, 0.15) is 6.92 Å². The van der Waals surface area contributed by atoms with Gasteiger partial charge in [0.15, 0.2) is 0 Å². The summed E-state index contributed by atoms with van der Waals surface area (Å²) in [6, 6.07) is 0. The number of ether oxygens (including phenoxy) is 1. The monoisotopic (exact) mass is 199 g/mol. The summed E-state index contributed by atoms with van der Waals surface area (Å²) in [5.74, 6) is 0. The topological polar surface area (TPSA) is 99.0 Å². The Hall–Kier alpha value is 0.0300. The summed E-state index contributed by atoms with van der Waals surface area (Å²) >= 11 is 0. The van der Waals surface area contributed by atoms with Gasteiger partial charge in [-0.15, -0.1) is 0 Å². The van der Waals surface area contributed by atoms with Crippen molar-refractivity contribution in [2.75, 3.05) is 19.7 Å². The average Bonchev–Trinajstić information content (AvgIpc) is 1.85. The molecule has 1 saturated heterocycles. The highest BCUT2D eigenvalue weighted by Gasteiger charge is 2.04. The Morgan fingerprint density at radius 1 is 1.50 bits per heavy atom. The average molecular weight is 199 g/mol. The molecule has 4 N–H and O–H groups in total. The van der Waals surface area contributed by atoms with Crippen LogP contribution in [-0.4, -0.2) is 40.5 Å². The number of phosphoric acid groups is 1. The Kier molecular flexibility index (Phi) is 5.65. The Balaban J connectivity index is 0.000000217. The van der Waals surface area contributed by atoms with Crippen LogP contribution < -0.4 is 5.32 Å². The minimum Gasteiger partial charge on any atom is -0.376 e. The molecule has 1 aliphatic rings. The fourth-order valence-electron chi connectivity index (χ4n) is 0.697. The van der Waals surface area contributed by atoms with E-state index in [1.54, 1.807) is 0 Å². The maximum Gasteiger partial charge on any atom is 0.466 e. The molecule has 0 bridgehead atoms. The van der Waals surface area contributed by atoms with Crippen LogP contribution in [-0.2, 0) is 9.30 Å². The second-order valence-electron chi connectivity index (χ2n) is 2.40. The number of rotatable bonds is 0. The number of hydrogen-bond donors (Lipinski definition) is 4. The van der Waals surface area contributed by atoms with Gasteiger partial charge in [-0.3, -0.25) is 0 Å². The summed E-state index contributed by atoms with van der Waals surface area (Å²) in [5.41, 5.74) is 0. The Bertz CT molecular complexity index is 144. The van der Waals surface area contributed by atoms with Crippen molar-refractivity contribution in [3.05, 3.63) is 0 Å². The van der Waals surface area contributed by atoms with Crippen LogP contribution in [0.3, 0.4) is 0 Å². The van der Waals surface area contributed by atoms with E-state index in [1.165, 1.54) is 0 Å². The smallest absolute Gasteiger partial charge is 0.376 e. The number of morpholine rings is 1. The highest BCUT2D eigenvalue weighted by Crippen LogP contribution is 2.25. The van der Waals surface area contributed by atoms with Gasteiger partial charge in [0.2, 0.25) is 0 Å². The van der Waals surface area contributed by atoms with E-state index in [0.29, 0.717) is 6.10 Å². The van der Waals surface area contributed by atoms with Crippen molar-refractivity contribution >= 4 is 7.82 Å². The second kappa shape index (κ2) is 5.64. The van der Waals surface area contributed by atoms with Crippen molar-refractivity contribution in [2.24, 2.45) is 0 Å². The maximum atomic E-state index is 8.88. The molecule has 0 aromatic heterocycles. The van der Waals surface area contributed by atoms with Crippen LogP contribution in [0.5, 0.6) is 0 Å². The predicted molar refractivity (Wildman–Crippen MR) is 42.5 cm³/mol. The largest absolute Gasteiger partial charge is 0.466 e. The molecule has 6 nitrogen and oxygen atoms in total. The molecule has 1 fully saturated rings. The van der Waals surface area contributed by atoms with Crippen LogP contribution in [0.2, 0.25) is 0 Å². The third-order valence-electron chi connectivity index (χ3n) is 1.11. The summed E-state index contributed by atoms with van der Waals surface area (Å²) in [7, 11) is -4.64. The van der Waals surface area contributed by atoms with Crippen LogP contribution >= 0.6 is 7.82 Å². The van der Waals surface area contributed by atoms with E-state index in [-0.39, 0.29) is 0 Å². The zero-order chi connectivity index (χ0) is 9.61. The van der Waals surface area contributed by atoms with Gasteiger partial charge in [0.1, 0.15) is 0 Å². The lowest BCUT2D eigenvalue weighted by molar-refractivity contribution is 0.0410. The summed E-state index contributed by atoms with van der Waals surface area (Å²) in [6.45, 7) is 4.98. The Labute approximate surface area is 70.8 Å². The molecule has 12 heavy (non-hydrogen) atoms. The van der Waals surface area contributed by atoms with Crippen molar-refractivity contribution in [2.45, 2.75) is 13.0 Å². The van der Waals surface area contributed by atoms with Crippen molar-refractivity contribution in [1.82, 2.24) is 5.32 Å². The number of nitrogens with one attached hydrogen (secondary N) is 1. The van der Waals surface area contributed by atoms with Gasteiger partial charge in [-0.05, 0) is 6.92 Å². The van der Waals surface area contributed by atoms with Gasteiger partial charge >= 0.3 is 7.82 Å². The summed E-state index contributed by atoms with van der Waals surface area (Å²) in [4.78, 5) is 21.6. The van der Waals surface area contributed by atoms with Crippen LogP contribution in [0, 0.1) is 0 Å². The number of hydrogen-bond acceptors (Lipinski definition) is 3. The maximum absolute atomic E-state index is 8.88. The molecule has 0 saturated carbocycles. The highest BCUT2D eigenvalue weighted by molar-refractivity contribution is 7.45. The van der Waals surface area contributed by atoms with Gasteiger partial charge in [0, 0.05) is 13.1 Å². The van der Waals surface area contributed by atoms with E-state index in [9.17, 15) is 0 Å². The summed E-state index contributed by atoms with van der Waals surface area (Å²) in [6.07, 6.45) is 0.425. The summed E-state index contributed by atoms with van der Waals surface area (Å²) < 4.78 is 14.1. The lowest BCUT2D eigenvalue weighted by Gasteiger charge is -2.18. The minimum absolute atomic E-state index is 0.425. The Morgan fingerprint density at radius 2 is 2.00 bits per heavy atom. The molecule has 0 aliphatic carbocycles. The molecule has 0 amide bonds. The van der Waals surface area contributed by atoms with Crippen LogP contribution in [0.4, 0.5) is 0 Å². The van der Waals surface area contributed by atoms with Crippen LogP contribution in [0.15, 0.2) is 0 Å². The normalized spacial score (nSPS) is 24.2. The van der Waals surface area contributed by atoms with Crippen LogP contribution in [0.25, 0.3) is 0 Å². The van der Waals surface area contributed by atoms with Gasteiger partial charge in [-0.1, -0.05) is 0 Å². The van der Waals surface area contributed by atoms with E-state index in [1.807, 2.05) is 0 Å². The van der Waals surface area contributed by atoms with Gasteiger partial charge in [-0.25, -0.2) is 4.57 Å². The molecule has 7 heteroatoms. The van der Waals surface area contributed by atoms with E-state index >= 15 is 0 Å². The zero-order valence-electron chi connectivity index (χ0n) is 6.80. The van der Waals surface area contributed by atoms with Gasteiger partial charge < -0.3 is 24.7 Å². The van der Waals surface area contributed by atoms with Gasteiger partial charge in [-0.2, -0.15) is 0 Å². The molecular weight excluding hydrogens is 185 g/mol. The lowest BCUT2D eigenvalue weighted by Crippen LogP contribution is -2.36. The first kappa shape index (κ1) is 12.0. The fraction of sp³-hybridized carbons (Fsp3) is 1.00. The summed E-state index contributed by atoms with van der Waals surface area (Å²) in [5, 5.41) is 3.21. The third kappa shape index (κ3) is 12.7. The molecule has 0 radical (unpaired) electrons. The molecule has 0 aromatic carbocycles. The van der Waals surface area contributed by atoms with Crippen molar-refractivity contribution in [3.8, 4) is 0 Å². The first-order valence-electron chi connectivity index (χ1n) is 3.50. The molecular formula is C5H14NO5P. The van der Waals surface area contributed by atoms with Gasteiger partial charge in [0.05, 0.1) is 12.7 Å². The standard InChI is InChI=1S/C5H11NO.H3O4P/c1-5-4-6-2-3-7-5;1-5(2,3)4/h5-6H,2-4H2,1H3;(H3,1,2,3,4). The quantitative estimate of drug-likeness (QED) is 0.376. The Morgan fingerprint density at radius 3 is 2.17 bits per heavy atom. The second-order valence-corrected chi connectivity index (χ2v) is 3.43. The predicted octanol–water partition coefficient (Wildman–Crippen LogP) is -0.934. The molecule has 1 heterocycles. The molecule has 1 unspecified atom stereocenters. The van der Waals surface area contributed by atoms with E-state index in [2.05, 4.69) is 12.2 Å². The van der Waals surface area contributed by atoms with Crippen molar-refractivity contribution in [1.29, 1.82) is 0 Å². The molecule has 0 spiro atoms. The first-order valence-corrected chi connectivity index (χ1v) is 5.06. The van der Waals surface area contributed by atoms with E-state index < -0.39 is 7.82 Å². The lowest BCUT2D eigenvalue weighted by atomic mass is 10.3. The first-order chi connectivity index (χ1) is 5.39. The minimum atomic E-state index is -4.64. The molecule has 0 aromatic rings. The van der Waals surface area contributed by atoms with Crippen molar-refractivity contribution in [3.63, 3.8) is 0 Å². The fourth-order valence-corrected chi connectivity index (χ4v) is 0.697. The molecule has 1 atom stereocenters. The SMILES string of the molecule is CC1CNCCO1.O=P(O)(O)O. The van der Waals surface area contributed by atoms with E-state index in [0.717, 1.165) is 19.7 Å².